The number of halogens is 1. The van der Waals surface area contributed by atoms with Crippen molar-refractivity contribution in [2.75, 3.05) is 5.32 Å². The van der Waals surface area contributed by atoms with Crippen LogP contribution in [0.2, 0.25) is 0 Å². The molecule has 0 saturated carbocycles. The molecule has 0 radical (unpaired) electrons. The minimum absolute atomic E-state index is 0.0370. The van der Waals surface area contributed by atoms with E-state index in [-0.39, 0.29) is 11.3 Å². The third-order valence-corrected chi connectivity index (χ3v) is 1.52. The molecular weight excluding hydrogens is 189 g/mol. The Balaban J connectivity index is 3.15. The first kappa shape index (κ1) is 10.2. The Morgan fingerprint density at radius 1 is 1.43 bits per heavy atom. The molecule has 0 aliphatic heterocycles. The topological polar surface area (TPSA) is 66.4 Å². The van der Waals surface area contributed by atoms with Crippen LogP contribution >= 0.6 is 0 Å². The standard InChI is InChI=1S/C9H8FNO3/c1-5(12)11-8-4-6(10)2-3-7(8)9(13)14/h2-4H,1H3,(H,11,12)(H,13,14). The molecule has 2 N–H and O–H groups in total. The highest BCUT2D eigenvalue weighted by molar-refractivity contribution is 5.99. The number of carboxylic acid groups (broad SMARTS) is 1. The molecule has 0 aromatic heterocycles. The van der Waals surface area contributed by atoms with Crippen molar-refractivity contribution >= 4 is 17.6 Å². The van der Waals surface area contributed by atoms with Gasteiger partial charge in [0.15, 0.2) is 0 Å². The summed E-state index contributed by atoms with van der Waals surface area (Å²) >= 11 is 0. The van der Waals surface area contributed by atoms with E-state index in [1.165, 1.54) is 6.92 Å². The lowest BCUT2D eigenvalue weighted by Gasteiger charge is -2.05. The molecule has 0 atom stereocenters. The van der Waals surface area contributed by atoms with E-state index in [9.17, 15) is 14.0 Å². The van der Waals surface area contributed by atoms with Gasteiger partial charge < -0.3 is 10.4 Å². The molecule has 0 bridgehead atoms. The molecule has 0 spiro atoms. The van der Waals surface area contributed by atoms with Gasteiger partial charge in [0, 0.05) is 6.92 Å². The van der Waals surface area contributed by atoms with Crippen LogP contribution in [0, 0.1) is 5.82 Å². The first-order chi connectivity index (χ1) is 6.50. The summed E-state index contributed by atoms with van der Waals surface area (Å²) < 4.78 is 12.7. The Hall–Kier alpha value is -1.91. The van der Waals surface area contributed by atoms with E-state index in [1.54, 1.807) is 0 Å². The van der Waals surface area contributed by atoms with Crippen LogP contribution in [-0.4, -0.2) is 17.0 Å². The molecule has 0 unspecified atom stereocenters. The molecule has 4 nitrogen and oxygen atoms in total. The summed E-state index contributed by atoms with van der Waals surface area (Å²) in [6, 6.07) is 3.09. The molecule has 0 saturated heterocycles. The van der Waals surface area contributed by atoms with Gasteiger partial charge in [-0.2, -0.15) is 0 Å². The molecule has 5 heteroatoms. The lowest BCUT2D eigenvalue weighted by Crippen LogP contribution is -2.11. The first-order valence-electron chi connectivity index (χ1n) is 3.81. The third-order valence-electron chi connectivity index (χ3n) is 1.52. The van der Waals surface area contributed by atoms with Crippen molar-refractivity contribution in [1.29, 1.82) is 0 Å². The number of nitrogens with one attached hydrogen (secondary N) is 1. The van der Waals surface area contributed by atoms with E-state index in [4.69, 9.17) is 5.11 Å². The second kappa shape index (κ2) is 3.87. The lowest BCUT2D eigenvalue weighted by molar-refractivity contribution is -0.114. The van der Waals surface area contributed by atoms with Crippen molar-refractivity contribution < 1.29 is 19.1 Å². The monoisotopic (exact) mass is 197 g/mol. The minimum Gasteiger partial charge on any atom is -0.478 e. The van der Waals surface area contributed by atoms with Gasteiger partial charge in [-0.3, -0.25) is 4.79 Å². The van der Waals surface area contributed by atoms with E-state index < -0.39 is 17.7 Å². The predicted octanol–water partition coefficient (Wildman–Crippen LogP) is 1.48. The van der Waals surface area contributed by atoms with Crippen LogP contribution in [0.15, 0.2) is 18.2 Å². The average molecular weight is 197 g/mol. The summed E-state index contributed by atoms with van der Waals surface area (Å²) in [7, 11) is 0. The van der Waals surface area contributed by atoms with Gasteiger partial charge in [0.05, 0.1) is 11.3 Å². The normalized spacial score (nSPS) is 9.57. The maximum absolute atomic E-state index is 12.7. The zero-order valence-corrected chi connectivity index (χ0v) is 7.37. The van der Waals surface area contributed by atoms with E-state index in [1.807, 2.05) is 0 Å². The van der Waals surface area contributed by atoms with E-state index >= 15 is 0 Å². The van der Waals surface area contributed by atoms with Gasteiger partial charge in [-0.1, -0.05) is 0 Å². The second-order valence-corrected chi connectivity index (χ2v) is 2.68. The summed E-state index contributed by atoms with van der Waals surface area (Å²) in [5.41, 5.74) is -0.174. The number of carbonyl (C=O) groups excluding carboxylic acids is 1. The smallest absolute Gasteiger partial charge is 0.337 e. The molecule has 14 heavy (non-hydrogen) atoms. The Kier molecular flexibility index (Phi) is 2.81. The van der Waals surface area contributed by atoms with Crippen molar-refractivity contribution in [3.63, 3.8) is 0 Å². The molecule has 0 aliphatic carbocycles. The number of anilines is 1. The minimum atomic E-state index is -1.21. The molecule has 1 aromatic rings. The number of carboxylic acids is 1. The first-order valence-corrected chi connectivity index (χ1v) is 3.81. The highest BCUT2D eigenvalue weighted by atomic mass is 19.1. The number of benzene rings is 1. The molecule has 0 heterocycles. The maximum Gasteiger partial charge on any atom is 0.337 e. The van der Waals surface area contributed by atoms with Crippen molar-refractivity contribution in [3.8, 4) is 0 Å². The molecule has 1 rings (SSSR count). The van der Waals surface area contributed by atoms with Crippen molar-refractivity contribution in [2.24, 2.45) is 0 Å². The summed E-state index contributed by atoms with van der Waals surface area (Å²) in [5.74, 6) is -2.26. The zero-order valence-electron chi connectivity index (χ0n) is 7.37. The van der Waals surface area contributed by atoms with Gasteiger partial charge >= 0.3 is 5.97 Å². The largest absolute Gasteiger partial charge is 0.478 e. The average Bonchev–Trinajstić information content (AvgIpc) is 2.01. The van der Waals surface area contributed by atoms with Crippen LogP contribution in [0.25, 0.3) is 0 Å². The van der Waals surface area contributed by atoms with Crippen LogP contribution < -0.4 is 5.32 Å². The van der Waals surface area contributed by atoms with Gasteiger partial charge in [-0.15, -0.1) is 0 Å². The Morgan fingerprint density at radius 3 is 2.57 bits per heavy atom. The van der Waals surface area contributed by atoms with Gasteiger partial charge in [0.2, 0.25) is 5.91 Å². The summed E-state index contributed by atoms with van der Waals surface area (Å²) in [5, 5.41) is 10.9. The number of hydrogen-bond acceptors (Lipinski definition) is 2. The fourth-order valence-electron chi connectivity index (χ4n) is 0.996. The second-order valence-electron chi connectivity index (χ2n) is 2.68. The number of amides is 1. The van der Waals surface area contributed by atoms with Crippen LogP contribution in [0.4, 0.5) is 10.1 Å². The molecular formula is C9H8FNO3. The van der Waals surface area contributed by atoms with Gasteiger partial charge in [0.1, 0.15) is 5.82 Å². The fourth-order valence-corrected chi connectivity index (χ4v) is 0.996. The maximum atomic E-state index is 12.7. The third kappa shape index (κ3) is 2.29. The number of aromatic carboxylic acids is 1. The van der Waals surface area contributed by atoms with Gasteiger partial charge in [-0.05, 0) is 18.2 Å². The summed E-state index contributed by atoms with van der Waals surface area (Å²) in [6.45, 7) is 1.22. The molecule has 1 amide bonds. The fraction of sp³-hybridized carbons (Fsp3) is 0.111. The van der Waals surface area contributed by atoms with Crippen LogP contribution in [0.1, 0.15) is 17.3 Å². The number of hydrogen-bond donors (Lipinski definition) is 2. The SMILES string of the molecule is CC(=O)Nc1cc(F)ccc1C(=O)O. The lowest BCUT2D eigenvalue weighted by atomic mass is 10.1. The van der Waals surface area contributed by atoms with Gasteiger partial charge in [-0.25, -0.2) is 9.18 Å². The zero-order chi connectivity index (χ0) is 10.7. The Morgan fingerprint density at radius 2 is 2.07 bits per heavy atom. The van der Waals surface area contributed by atoms with E-state index in [0.717, 1.165) is 18.2 Å². The van der Waals surface area contributed by atoms with Crippen molar-refractivity contribution in [1.82, 2.24) is 0 Å². The van der Waals surface area contributed by atoms with Crippen molar-refractivity contribution in [3.05, 3.63) is 29.6 Å². The van der Waals surface area contributed by atoms with Crippen molar-refractivity contribution in [2.45, 2.75) is 6.92 Å². The highest BCUT2D eigenvalue weighted by Crippen LogP contribution is 2.16. The van der Waals surface area contributed by atoms with Crippen LogP contribution in [-0.2, 0) is 4.79 Å². The Bertz CT molecular complexity index is 390. The quantitative estimate of drug-likeness (QED) is 0.754. The predicted molar refractivity (Wildman–Crippen MR) is 47.7 cm³/mol. The number of carbonyl (C=O) groups is 2. The molecule has 74 valence electrons. The highest BCUT2D eigenvalue weighted by Gasteiger charge is 2.11. The molecule has 0 aliphatic rings. The molecule has 1 aromatic carbocycles. The summed E-state index contributed by atoms with van der Waals surface area (Å²) in [4.78, 5) is 21.3. The summed E-state index contributed by atoms with van der Waals surface area (Å²) in [6.07, 6.45) is 0. The van der Waals surface area contributed by atoms with E-state index in [2.05, 4.69) is 5.32 Å². The van der Waals surface area contributed by atoms with Crippen LogP contribution in [0.5, 0.6) is 0 Å². The number of rotatable bonds is 2. The molecule has 0 fully saturated rings. The van der Waals surface area contributed by atoms with Crippen LogP contribution in [0.3, 0.4) is 0 Å². The van der Waals surface area contributed by atoms with Gasteiger partial charge in [0.25, 0.3) is 0 Å². The Labute approximate surface area is 79.4 Å². The van der Waals surface area contributed by atoms with E-state index in [0.29, 0.717) is 0 Å².